The second-order valence-electron chi connectivity index (χ2n) is 5.42. The summed E-state index contributed by atoms with van der Waals surface area (Å²) in [6, 6.07) is 8.05. The predicted octanol–water partition coefficient (Wildman–Crippen LogP) is 2.48. The van der Waals surface area contributed by atoms with Gasteiger partial charge in [0.05, 0.1) is 6.04 Å². The minimum Gasteiger partial charge on any atom is -0.343 e. The number of aryl methyl sites for hydroxylation is 1. The molecule has 2 aromatic rings. The van der Waals surface area contributed by atoms with Gasteiger partial charge in [-0.3, -0.25) is 9.89 Å². The first-order chi connectivity index (χ1) is 9.63. The summed E-state index contributed by atoms with van der Waals surface area (Å²) in [5.74, 6) is 1.30. The van der Waals surface area contributed by atoms with Crippen LogP contribution in [0.3, 0.4) is 0 Å². The molecule has 5 nitrogen and oxygen atoms in total. The number of H-pyrrole nitrogens is 1. The fourth-order valence-electron chi connectivity index (χ4n) is 2.11. The molecule has 1 fully saturated rings. The summed E-state index contributed by atoms with van der Waals surface area (Å²) in [6.07, 6.45) is 2.27. The molecule has 5 heteroatoms. The van der Waals surface area contributed by atoms with E-state index >= 15 is 0 Å². The predicted molar refractivity (Wildman–Crippen MR) is 75.4 cm³/mol. The zero-order chi connectivity index (χ0) is 14.1. The number of nitrogens with zero attached hydrogens (tertiary/aromatic N) is 2. The number of aromatic amines is 1. The zero-order valence-electron chi connectivity index (χ0n) is 11.7. The fraction of sp³-hybridized carbons (Fsp3) is 0.400. The van der Waals surface area contributed by atoms with E-state index in [0.29, 0.717) is 5.92 Å². The summed E-state index contributed by atoms with van der Waals surface area (Å²) < 4.78 is 0. The molecule has 1 aliphatic carbocycles. The minimum absolute atomic E-state index is 0.0639. The molecule has 3 rings (SSSR count). The third kappa shape index (κ3) is 2.71. The molecule has 0 aliphatic heterocycles. The molecule has 1 aliphatic rings. The molecule has 1 aromatic carbocycles. The van der Waals surface area contributed by atoms with Gasteiger partial charge in [0.25, 0.3) is 5.91 Å². The first-order valence-electron chi connectivity index (χ1n) is 6.93. The van der Waals surface area contributed by atoms with Crippen LogP contribution in [0.4, 0.5) is 0 Å². The topological polar surface area (TPSA) is 70.7 Å². The fourth-order valence-corrected chi connectivity index (χ4v) is 2.11. The molecule has 2 N–H and O–H groups in total. The maximum absolute atomic E-state index is 12.1. The van der Waals surface area contributed by atoms with Gasteiger partial charge < -0.3 is 5.32 Å². The Kier molecular flexibility index (Phi) is 3.26. The molecule has 1 unspecified atom stereocenters. The number of rotatable bonds is 4. The van der Waals surface area contributed by atoms with Crippen molar-refractivity contribution in [3.05, 3.63) is 47.0 Å². The van der Waals surface area contributed by atoms with Gasteiger partial charge in [0.1, 0.15) is 5.82 Å². The van der Waals surface area contributed by atoms with Crippen molar-refractivity contribution >= 4 is 5.91 Å². The highest BCUT2D eigenvalue weighted by Crippen LogP contribution is 2.37. The van der Waals surface area contributed by atoms with E-state index < -0.39 is 0 Å². The highest BCUT2D eigenvalue weighted by Gasteiger charge is 2.28. The molecule has 0 radical (unpaired) electrons. The van der Waals surface area contributed by atoms with E-state index in [4.69, 9.17) is 0 Å². The molecule has 1 saturated carbocycles. The number of aromatic nitrogens is 3. The summed E-state index contributed by atoms with van der Waals surface area (Å²) >= 11 is 0. The number of amides is 1. The van der Waals surface area contributed by atoms with Gasteiger partial charge in [0, 0.05) is 5.92 Å². The van der Waals surface area contributed by atoms with Crippen LogP contribution >= 0.6 is 0 Å². The Morgan fingerprint density at radius 3 is 2.70 bits per heavy atom. The second-order valence-corrected chi connectivity index (χ2v) is 5.42. The van der Waals surface area contributed by atoms with E-state index in [2.05, 4.69) is 20.5 Å². The maximum Gasteiger partial charge on any atom is 0.291 e. The minimum atomic E-state index is -0.235. The van der Waals surface area contributed by atoms with Crippen molar-refractivity contribution in [2.45, 2.75) is 38.6 Å². The van der Waals surface area contributed by atoms with Crippen LogP contribution < -0.4 is 5.32 Å². The highest BCUT2D eigenvalue weighted by molar-refractivity contribution is 5.90. The summed E-state index contributed by atoms with van der Waals surface area (Å²) in [6.45, 7) is 4.00. The van der Waals surface area contributed by atoms with Crippen LogP contribution in [-0.4, -0.2) is 21.1 Å². The molecule has 1 atom stereocenters. The molecule has 0 bridgehead atoms. The molecule has 0 spiro atoms. The van der Waals surface area contributed by atoms with Gasteiger partial charge in [0.2, 0.25) is 5.82 Å². The summed E-state index contributed by atoms with van der Waals surface area (Å²) in [5.41, 5.74) is 2.28. The summed E-state index contributed by atoms with van der Waals surface area (Å²) in [5, 5.41) is 9.76. The Hall–Kier alpha value is -2.17. The summed E-state index contributed by atoms with van der Waals surface area (Å²) in [7, 11) is 0. The highest BCUT2D eigenvalue weighted by atomic mass is 16.2. The van der Waals surface area contributed by atoms with Crippen molar-refractivity contribution in [3.8, 4) is 0 Å². The van der Waals surface area contributed by atoms with Crippen LogP contribution in [0.2, 0.25) is 0 Å². The lowest BCUT2D eigenvalue weighted by atomic mass is 10.1. The van der Waals surface area contributed by atoms with E-state index in [0.717, 1.165) is 24.2 Å². The Morgan fingerprint density at radius 2 is 2.05 bits per heavy atom. The number of carbonyl (C=O) groups excluding carboxylic acids is 1. The molecule has 104 valence electrons. The van der Waals surface area contributed by atoms with Crippen molar-refractivity contribution in [1.82, 2.24) is 20.5 Å². The number of hydrogen-bond acceptors (Lipinski definition) is 3. The lowest BCUT2D eigenvalue weighted by molar-refractivity contribution is 0.0929. The quantitative estimate of drug-likeness (QED) is 0.896. The lowest BCUT2D eigenvalue weighted by Crippen LogP contribution is -2.27. The average molecular weight is 270 g/mol. The van der Waals surface area contributed by atoms with Crippen molar-refractivity contribution < 1.29 is 4.79 Å². The van der Waals surface area contributed by atoms with Gasteiger partial charge in [-0.15, -0.1) is 5.10 Å². The number of nitrogens with one attached hydrogen (secondary N) is 2. The van der Waals surface area contributed by atoms with E-state index in [1.165, 1.54) is 5.56 Å². The van der Waals surface area contributed by atoms with E-state index in [1.54, 1.807) is 0 Å². The molecule has 1 aromatic heterocycles. The van der Waals surface area contributed by atoms with Gasteiger partial charge >= 0.3 is 0 Å². The molecule has 1 amide bonds. The Labute approximate surface area is 117 Å². The van der Waals surface area contributed by atoms with E-state index in [1.807, 2.05) is 38.1 Å². The van der Waals surface area contributed by atoms with Gasteiger partial charge in [-0.1, -0.05) is 29.8 Å². The largest absolute Gasteiger partial charge is 0.343 e. The van der Waals surface area contributed by atoms with E-state index in [9.17, 15) is 4.79 Å². The van der Waals surface area contributed by atoms with Crippen LogP contribution in [0.15, 0.2) is 24.3 Å². The number of hydrogen-bond donors (Lipinski definition) is 2. The average Bonchev–Trinajstić information content (AvgIpc) is 3.17. The smallest absolute Gasteiger partial charge is 0.291 e. The van der Waals surface area contributed by atoms with Gasteiger partial charge in [-0.25, -0.2) is 4.98 Å². The standard InChI is InChI=1S/C15H18N4O/c1-9-3-5-11(6-4-9)10(2)16-15(20)14-17-13(18-19-14)12-7-8-12/h3-6,10,12H,7-8H2,1-2H3,(H,16,20)(H,17,18,19). The van der Waals surface area contributed by atoms with Crippen LogP contribution in [0.1, 0.15) is 59.3 Å². The van der Waals surface area contributed by atoms with E-state index in [-0.39, 0.29) is 17.8 Å². The van der Waals surface area contributed by atoms with Gasteiger partial charge in [-0.2, -0.15) is 0 Å². The number of carbonyl (C=O) groups is 1. The Balaban J connectivity index is 1.66. The SMILES string of the molecule is Cc1ccc(C(C)NC(=O)c2n[nH]c(C3CC3)n2)cc1. The first-order valence-corrected chi connectivity index (χ1v) is 6.93. The van der Waals surface area contributed by atoms with Crippen LogP contribution in [-0.2, 0) is 0 Å². The summed E-state index contributed by atoms with van der Waals surface area (Å²) in [4.78, 5) is 16.3. The van der Waals surface area contributed by atoms with Gasteiger partial charge in [-0.05, 0) is 32.3 Å². The molecular weight excluding hydrogens is 252 g/mol. The molecular formula is C15H18N4O. The normalized spacial score (nSPS) is 15.9. The third-order valence-corrected chi connectivity index (χ3v) is 3.59. The van der Waals surface area contributed by atoms with Crippen molar-refractivity contribution in [3.63, 3.8) is 0 Å². The van der Waals surface area contributed by atoms with Crippen molar-refractivity contribution in [2.75, 3.05) is 0 Å². The molecule has 1 heterocycles. The maximum atomic E-state index is 12.1. The molecule has 20 heavy (non-hydrogen) atoms. The Bertz CT molecular complexity index is 613. The van der Waals surface area contributed by atoms with Crippen LogP contribution in [0.5, 0.6) is 0 Å². The monoisotopic (exact) mass is 270 g/mol. The van der Waals surface area contributed by atoms with Crippen molar-refractivity contribution in [2.24, 2.45) is 0 Å². The second kappa shape index (κ2) is 5.07. The first kappa shape index (κ1) is 12.8. The van der Waals surface area contributed by atoms with Crippen LogP contribution in [0.25, 0.3) is 0 Å². The van der Waals surface area contributed by atoms with Crippen molar-refractivity contribution in [1.29, 1.82) is 0 Å². The third-order valence-electron chi connectivity index (χ3n) is 3.59. The zero-order valence-corrected chi connectivity index (χ0v) is 11.7. The Morgan fingerprint density at radius 1 is 1.35 bits per heavy atom. The van der Waals surface area contributed by atoms with Crippen LogP contribution in [0, 0.1) is 6.92 Å². The number of benzene rings is 1. The molecule has 0 saturated heterocycles. The lowest BCUT2D eigenvalue weighted by Gasteiger charge is -2.13. The van der Waals surface area contributed by atoms with Gasteiger partial charge in [0.15, 0.2) is 0 Å².